The number of ether oxygens (including phenoxy) is 1. The summed E-state index contributed by atoms with van der Waals surface area (Å²) in [6.45, 7) is 0.690. The van der Waals surface area contributed by atoms with Crippen molar-refractivity contribution in [2.75, 3.05) is 19.0 Å². The number of anilines is 1. The van der Waals surface area contributed by atoms with E-state index < -0.39 is 0 Å². The minimum absolute atomic E-state index is 0.327. The molecular formula is C13H15ClN2O. The molecule has 1 saturated carbocycles. The van der Waals surface area contributed by atoms with E-state index in [0.29, 0.717) is 29.2 Å². The number of nitrogens with zero attached hydrogens (tertiary/aromatic N) is 1. The molecule has 1 atom stereocenters. The zero-order chi connectivity index (χ0) is 12.3. The Morgan fingerprint density at radius 3 is 2.94 bits per heavy atom. The lowest BCUT2D eigenvalue weighted by atomic mass is 10.1. The van der Waals surface area contributed by atoms with Gasteiger partial charge in [-0.2, -0.15) is 5.26 Å². The number of hydrogen-bond acceptors (Lipinski definition) is 3. The third kappa shape index (κ3) is 3.12. The van der Waals surface area contributed by atoms with E-state index in [1.807, 2.05) is 6.07 Å². The summed E-state index contributed by atoms with van der Waals surface area (Å²) in [5, 5.41) is 12.8. The Labute approximate surface area is 106 Å². The topological polar surface area (TPSA) is 45.0 Å². The second kappa shape index (κ2) is 5.39. The average molecular weight is 251 g/mol. The molecule has 0 bridgehead atoms. The van der Waals surface area contributed by atoms with Gasteiger partial charge in [-0.15, -0.1) is 0 Å². The van der Waals surface area contributed by atoms with E-state index in [2.05, 4.69) is 11.4 Å². The van der Waals surface area contributed by atoms with Gasteiger partial charge in [-0.3, -0.25) is 0 Å². The fourth-order valence-corrected chi connectivity index (χ4v) is 2.05. The molecule has 0 saturated heterocycles. The summed E-state index contributed by atoms with van der Waals surface area (Å²) < 4.78 is 5.20. The highest BCUT2D eigenvalue weighted by atomic mass is 35.5. The van der Waals surface area contributed by atoms with Crippen LogP contribution in [0.15, 0.2) is 18.2 Å². The number of benzene rings is 1. The Morgan fingerprint density at radius 1 is 1.59 bits per heavy atom. The van der Waals surface area contributed by atoms with Gasteiger partial charge in [-0.05, 0) is 37.0 Å². The van der Waals surface area contributed by atoms with Crippen molar-refractivity contribution >= 4 is 17.3 Å². The molecule has 0 radical (unpaired) electrons. The van der Waals surface area contributed by atoms with Crippen molar-refractivity contribution in [3.8, 4) is 6.07 Å². The van der Waals surface area contributed by atoms with Crippen LogP contribution in [0.2, 0.25) is 5.02 Å². The average Bonchev–Trinajstić information content (AvgIpc) is 3.15. The van der Waals surface area contributed by atoms with Crippen LogP contribution in [0.1, 0.15) is 18.4 Å². The maximum Gasteiger partial charge on any atom is 0.101 e. The van der Waals surface area contributed by atoms with Gasteiger partial charge in [0.25, 0.3) is 0 Å². The Kier molecular flexibility index (Phi) is 3.88. The highest BCUT2D eigenvalue weighted by Crippen LogP contribution is 2.34. The highest BCUT2D eigenvalue weighted by Gasteiger charge is 2.31. The quantitative estimate of drug-likeness (QED) is 0.874. The summed E-state index contributed by atoms with van der Waals surface area (Å²) in [6, 6.07) is 7.84. The molecule has 0 spiro atoms. The monoisotopic (exact) mass is 250 g/mol. The standard InChI is InChI=1S/C13H15ClN2O/c1-17-8-13(9-2-3-9)16-11-4-5-12(14)10(6-11)7-15/h4-6,9,13,16H,2-3,8H2,1H3. The maximum atomic E-state index is 8.91. The first kappa shape index (κ1) is 12.2. The zero-order valence-electron chi connectivity index (χ0n) is 9.74. The number of halogens is 1. The van der Waals surface area contributed by atoms with Gasteiger partial charge >= 0.3 is 0 Å². The smallest absolute Gasteiger partial charge is 0.101 e. The van der Waals surface area contributed by atoms with Crippen LogP contribution in [0.25, 0.3) is 0 Å². The van der Waals surface area contributed by atoms with E-state index in [1.54, 1.807) is 19.2 Å². The van der Waals surface area contributed by atoms with Crippen LogP contribution in [0, 0.1) is 17.2 Å². The van der Waals surface area contributed by atoms with E-state index in [4.69, 9.17) is 21.6 Å². The van der Waals surface area contributed by atoms with E-state index in [1.165, 1.54) is 12.8 Å². The van der Waals surface area contributed by atoms with Crippen LogP contribution in [0.3, 0.4) is 0 Å². The van der Waals surface area contributed by atoms with Gasteiger partial charge in [0.15, 0.2) is 0 Å². The number of nitrogens with one attached hydrogen (secondary N) is 1. The molecule has 17 heavy (non-hydrogen) atoms. The number of hydrogen-bond donors (Lipinski definition) is 1. The SMILES string of the molecule is COCC(Nc1ccc(Cl)c(C#N)c1)C1CC1. The van der Waals surface area contributed by atoms with E-state index in [0.717, 1.165) is 5.69 Å². The van der Waals surface area contributed by atoms with Crippen LogP contribution in [0.5, 0.6) is 0 Å². The van der Waals surface area contributed by atoms with Crippen molar-refractivity contribution in [2.45, 2.75) is 18.9 Å². The van der Waals surface area contributed by atoms with Crippen molar-refractivity contribution < 1.29 is 4.74 Å². The van der Waals surface area contributed by atoms with Crippen LogP contribution in [-0.4, -0.2) is 19.8 Å². The minimum Gasteiger partial charge on any atom is -0.383 e. The van der Waals surface area contributed by atoms with Gasteiger partial charge in [-0.25, -0.2) is 0 Å². The summed E-state index contributed by atoms with van der Waals surface area (Å²) >= 11 is 5.89. The molecule has 1 unspecified atom stereocenters. The Balaban J connectivity index is 2.09. The Bertz CT molecular complexity index is 438. The first-order valence-corrected chi connectivity index (χ1v) is 6.07. The van der Waals surface area contributed by atoms with Gasteiger partial charge in [0, 0.05) is 12.8 Å². The third-order valence-corrected chi connectivity index (χ3v) is 3.31. The highest BCUT2D eigenvalue weighted by molar-refractivity contribution is 6.31. The molecule has 2 rings (SSSR count). The van der Waals surface area contributed by atoms with Crippen molar-refractivity contribution in [2.24, 2.45) is 5.92 Å². The van der Waals surface area contributed by atoms with Crippen LogP contribution in [0.4, 0.5) is 5.69 Å². The molecule has 0 heterocycles. The molecule has 0 aromatic heterocycles. The number of rotatable bonds is 5. The largest absolute Gasteiger partial charge is 0.383 e. The molecule has 1 aromatic carbocycles. The van der Waals surface area contributed by atoms with Crippen molar-refractivity contribution in [1.29, 1.82) is 5.26 Å². The molecular weight excluding hydrogens is 236 g/mol. The summed E-state index contributed by atoms with van der Waals surface area (Å²) in [5.41, 5.74) is 1.43. The molecule has 1 fully saturated rings. The van der Waals surface area contributed by atoms with Gasteiger partial charge in [-0.1, -0.05) is 11.6 Å². The summed E-state index contributed by atoms with van der Waals surface area (Å²) in [7, 11) is 1.71. The zero-order valence-corrected chi connectivity index (χ0v) is 10.5. The molecule has 1 aliphatic carbocycles. The van der Waals surface area contributed by atoms with Crippen molar-refractivity contribution in [3.05, 3.63) is 28.8 Å². The molecule has 1 aromatic rings. The third-order valence-electron chi connectivity index (χ3n) is 2.98. The summed E-state index contributed by atoms with van der Waals surface area (Å²) in [5.74, 6) is 0.691. The van der Waals surface area contributed by atoms with Gasteiger partial charge < -0.3 is 10.1 Å². The van der Waals surface area contributed by atoms with Crippen molar-refractivity contribution in [3.63, 3.8) is 0 Å². The lowest BCUT2D eigenvalue weighted by molar-refractivity contribution is 0.179. The first-order valence-electron chi connectivity index (χ1n) is 5.69. The van der Waals surface area contributed by atoms with Crippen molar-refractivity contribution in [1.82, 2.24) is 0 Å². The number of nitriles is 1. The molecule has 3 nitrogen and oxygen atoms in total. The molecule has 4 heteroatoms. The summed E-state index contributed by atoms with van der Waals surface area (Å²) in [4.78, 5) is 0. The fourth-order valence-electron chi connectivity index (χ4n) is 1.89. The predicted octanol–water partition coefficient (Wildman–Crippen LogP) is 3.05. The fraction of sp³-hybridized carbons (Fsp3) is 0.462. The van der Waals surface area contributed by atoms with E-state index >= 15 is 0 Å². The van der Waals surface area contributed by atoms with Gasteiger partial charge in [0.1, 0.15) is 6.07 Å². The lowest BCUT2D eigenvalue weighted by Gasteiger charge is -2.18. The second-order valence-corrected chi connectivity index (χ2v) is 4.76. The predicted molar refractivity (Wildman–Crippen MR) is 68.2 cm³/mol. The second-order valence-electron chi connectivity index (χ2n) is 4.35. The van der Waals surface area contributed by atoms with Gasteiger partial charge in [0.2, 0.25) is 0 Å². The Morgan fingerprint density at radius 2 is 2.35 bits per heavy atom. The summed E-state index contributed by atoms with van der Waals surface area (Å²) in [6.07, 6.45) is 2.50. The van der Waals surface area contributed by atoms with E-state index in [-0.39, 0.29) is 0 Å². The van der Waals surface area contributed by atoms with Gasteiger partial charge in [0.05, 0.1) is 23.2 Å². The molecule has 0 aliphatic heterocycles. The molecule has 1 aliphatic rings. The van der Waals surface area contributed by atoms with Crippen LogP contribution >= 0.6 is 11.6 Å². The van der Waals surface area contributed by atoms with Crippen LogP contribution in [-0.2, 0) is 4.74 Å². The Hall–Kier alpha value is -1.24. The maximum absolute atomic E-state index is 8.91. The molecule has 90 valence electrons. The van der Waals surface area contributed by atoms with Crippen LogP contribution < -0.4 is 5.32 Å². The minimum atomic E-state index is 0.327. The lowest BCUT2D eigenvalue weighted by Crippen LogP contribution is -2.27. The molecule has 1 N–H and O–H groups in total. The number of methoxy groups -OCH3 is 1. The normalized spacial score (nSPS) is 16.3. The molecule has 0 amide bonds. The first-order chi connectivity index (χ1) is 8.24. The van der Waals surface area contributed by atoms with E-state index in [9.17, 15) is 0 Å².